The van der Waals surface area contributed by atoms with E-state index in [2.05, 4.69) is 49.5 Å². The lowest BCUT2D eigenvalue weighted by molar-refractivity contribution is 0.120. The zero-order chi connectivity index (χ0) is 19.4. The summed E-state index contributed by atoms with van der Waals surface area (Å²) in [7, 11) is 1.93. The van der Waals surface area contributed by atoms with Crippen LogP contribution in [0.25, 0.3) is 33.2 Å². The standard InChI is InChI=1S/C22H21N7.ClH/c1-28-9-17(7-27-28)16-4-18(19-8-23-14-26-20(19)5-16)15-2-3-21(25-6-15)29-12-22(13-29)10-24-11-22;/h2-9,14,24H,10-13H2,1H3;1H. The minimum Gasteiger partial charge on any atom is -0.355 e. The summed E-state index contributed by atoms with van der Waals surface area (Å²) in [6.07, 6.45) is 9.33. The summed E-state index contributed by atoms with van der Waals surface area (Å²) in [5.74, 6) is 1.05. The molecule has 0 atom stereocenters. The number of hydrogen-bond acceptors (Lipinski definition) is 6. The molecular weight excluding hydrogens is 398 g/mol. The number of rotatable bonds is 3. The second-order valence-corrected chi connectivity index (χ2v) is 8.25. The molecule has 0 bridgehead atoms. The fraction of sp³-hybridized carbons (Fsp3) is 0.273. The Morgan fingerprint density at radius 1 is 0.967 bits per heavy atom. The van der Waals surface area contributed by atoms with Gasteiger partial charge < -0.3 is 10.2 Å². The van der Waals surface area contributed by atoms with Crippen LogP contribution >= 0.6 is 12.4 Å². The predicted molar refractivity (Wildman–Crippen MR) is 120 cm³/mol. The minimum atomic E-state index is 0. The Hall–Kier alpha value is -3.03. The number of halogens is 1. The molecule has 152 valence electrons. The fourth-order valence-electron chi connectivity index (χ4n) is 4.42. The molecule has 0 unspecified atom stereocenters. The van der Waals surface area contributed by atoms with Crippen molar-refractivity contribution >= 4 is 29.1 Å². The van der Waals surface area contributed by atoms with Gasteiger partial charge in [0.15, 0.2) is 0 Å². The van der Waals surface area contributed by atoms with Gasteiger partial charge in [-0.25, -0.2) is 15.0 Å². The van der Waals surface area contributed by atoms with Gasteiger partial charge >= 0.3 is 0 Å². The highest BCUT2D eigenvalue weighted by molar-refractivity contribution is 5.97. The van der Waals surface area contributed by atoms with Crippen molar-refractivity contribution in [2.45, 2.75) is 0 Å². The largest absolute Gasteiger partial charge is 0.355 e. The van der Waals surface area contributed by atoms with Crippen molar-refractivity contribution in [1.82, 2.24) is 30.0 Å². The molecule has 0 radical (unpaired) electrons. The molecule has 4 aromatic rings. The quantitative estimate of drug-likeness (QED) is 0.550. The lowest BCUT2D eigenvalue weighted by atomic mass is 9.74. The third kappa shape index (κ3) is 3.02. The first-order chi connectivity index (χ1) is 14.2. The van der Waals surface area contributed by atoms with Gasteiger partial charge in [-0.05, 0) is 35.4 Å². The van der Waals surface area contributed by atoms with Gasteiger partial charge in [0.25, 0.3) is 0 Å². The average Bonchev–Trinajstić information content (AvgIpc) is 3.12. The first kappa shape index (κ1) is 19.0. The highest BCUT2D eigenvalue weighted by Gasteiger charge is 2.47. The van der Waals surface area contributed by atoms with Gasteiger partial charge in [-0.1, -0.05) is 0 Å². The van der Waals surface area contributed by atoms with E-state index in [1.54, 1.807) is 6.33 Å². The van der Waals surface area contributed by atoms with E-state index in [1.807, 2.05) is 36.5 Å². The van der Waals surface area contributed by atoms with Crippen LogP contribution in [0.15, 0.2) is 55.4 Å². The molecule has 0 amide bonds. The lowest BCUT2D eigenvalue weighted by Gasteiger charge is -2.56. The molecule has 1 N–H and O–H groups in total. The van der Waals surface area contributed by atoms with E-state index in [1.165, 1.54) is 0 Å². The third-order valence-corrected chi connectivity index (χ3v) is 6.10. The average molecular weight is 420 g/mol. The van der Waals surface area contributed by atoms with Crippen molar-refractivity contribution < 1.29 is 0 Å². The SMILES string of the molecule is Cl.Cn1cc(-c2cc(-c3ccc(N4CC5(CNC5)C4)nc3)c3cncnc3c2)cn1. The molecule has 0 aliphatic carbocycles. The Morgan fingerprint density at radius 2 is 1.83 bits per heavy atom. The number of hydrogen-bond donors (Lipinski definition) is 1. The van der Waals surface area contributed by atoms with E-state index in [4.69, 9.17) is 4.98 Å². The Balaban J connectivity index is 0.00000193. The van der Waals surface area contributed by atoms with Crippen molar-refractivity contribution in [3.05, 3.63) is 55.4 Å². The smallest absolute Gasteiger partial charge is 0.128 e. The van der Waals surface area contributed by atoms with Crippen LogP contribution in [-0.2, 0) is 7.05 Å². The summed E-state index contributed by atoms with van der Waals surface area (Å²) >= 11 is 0. The maximum absolute atomic E-state index is 4.76. The summed E-state index contributed by atoms with van der Waals surface area (Å²) in [5, 5.41) is 8.71. The van der Waals surface area contributed by atoms with Crippen LogP contribution in [0.1, 0.15) is 0 Å². The van der Waals surface area contributed by atoms with Gasteiger partial charge in [0.1, 0.15) is 12.1 Å². The third-order valence-electron chi connectivity index (χ3n) is 6.10. The molecule has 1 aromatic carbocycles. The van der Waals surface area contributed by atoms with Crippen molar-refractivity contribution in [1.29, 1.82) is 0 Å². The first-order valence-corrected chi connectivity index (χ1v) is 9.84. The van der Waals surface area contributed by atoms with Crippen LogP contribution in [0.2, 0.25) is 0 Å². The van der Waals surface area contributed by atoms with Gasteiger partial charge in [-0.15, -0.1) is 12.4 Å². The van der Waals surface area contributed by atoms with E-state index < -0.39 is 0 Å². The van der Waals surface area contributed by atoms with Crippen LogP contribution in [-0.4, -0.2) is 50.9 Å². The number of pyridine rings is 1. The van der Waals surface area contributed by atoms with Crippen LogP contribution in [0.5, 0.6) is 0 Å². The van der Waals surface area contributed by atoms with E-state index in [0.29, 0.717) is 5.41 Å². The summed E-state index contributed by atoms with van der Waals surface area (Å²) in [6, 6.07) is 8.55. The number of nitrogens with zero attached hydrogens (tertiary/aromatic N) is 6. The summed E-state index contributed by atoms with van der Waals surface area (Å²) in [6.45, 7) is 4.46. The molecule has 3 aromatic heterocycles. The van der Waals surface area contributed by atoms with Crippen molar-refractivity contribution in [2.75, 3.05) is 31.1 Å². The van der Waals surface area contributed by atoms with Gasteiger partial charge in [0.05, 0.1) is 11.7 Å². The van der Waals surface area contributed by atoms with Crippen LogP contribution in [0.3, 0.4) is 0 Å². The Morgan fingerprint density at radius 3 is 2.50 bits per heavy atom. The molecule has 2 aliphatic heterocycles. The van der Waals surface area contributed by atoms with Crippen molar-refractivity contribution in [2.24, 2.45) is 12.5 Å². The molecule has 2 aliphatic rings. The second kappa shape index (κ2) is 7.04. The summed E-state index contributed by atoms with van der Waals surface area (Å²) < 4.78 is 1.81. The molecule has 2 saturated heterocycles. The molecule has 5 heterocycles. The Labute approximate surface area is 180 Å². The Kier molecular flexibility index (Phi) is 4.45. The number of nitrogens with one attached hydrogen (secondary N) is 1. The molecule has 8 heteroatoms. The molecule has 0 saturated carbocycles. The second-order valence-electron chi connectivity index (χ2n) is 8.25. The van der Waals surface area contributed by atoms with Gasteiger partial charge in [-0.2, -0.15) is 5.10 Å². The summed E-state index contributed by atoms with van der Waals surface area (Å²) in [4.78, 5) is 15.9. The molecule has 2 fully saturated rings. The molecule has 1 spiro atoms. The van der Waals surface area contributed by atoms with Gasteiger partial charge in [0.2, 0.25) is 0 Å². The van der Waals surface area contributed by atoms with Gasteiger partial charge in [0, 0.05) is 73.7 Å². The molecule has 6 rings (SSSR count). The number of aromatic nitrogens is 5. The number of anilines is 1. The van der Waals surface area contributed by atoms with Gasteiger partial charge in [-0.3, -0.25) is 4.68 Å². The van der Waals surface area contributed by atoms with Crippen molar-refractivity contribution in [3.8, 4) is 22.3 Å². The number of aryl methyl sites for hydroxylation is 1. The summed E-state index contributed by atoms with van der Waals surface area (Å²) in [5.41, 5.74) is 5.72. The molecular formula is C22H22ClN7. The van der Waals surface area contributed by atoms with Crippen molar-refractivity contribution in [3.63, 3.8) is 0 Å². The monoisotopic (exact) mass is 419 g/mol. The number of benzene rings is 1. The molecule has 7 nitrogen and oxygen atoms in total. The van der Waals surface area contributed by atoms with E-state index in [-0.39, 0.29) is 12.4 Å². The number of fused-ring (bicyclic) bond motifs is 1. The highest BCUT2D eigenvalue weighted by atomic mass is 35.5. The van der Waals surface area contributed by atoms with E-state index >= 15 is 0 Å². The fourth-order valence-corrected chi connectivity index (χ4v) is 4.42. The Bertz CT molecular complexity index is 1210. The molecule has 30 heavy (non-hydrogen) atoms. The van der Waals surface area contributed by atoms with E-state index in [9.17, 15) is 0 Å². The van der Waals surface area contributed by atoms with Crippen LogP contribution in [0, 0.1) is 5.41 Å². The van der Waals surface area contributed by atoms with Crippen LogP contribution < -0.4 is 10.2 Å². The van der Waals surface area contributed by atoms with E-state index in [0.717, 1.165) is 65.2 Å². The maximum atomic E-state index is 4.76. The predicted octanol–water partition coefficient (Wildman–Crippen LogP) is 2.92. The zero-order valence-electron chi connectivity index (χ0n) is 16.6. The zero-order valence-corrected chi connectivity index (χ0v) is 17.4. The first-order valence-electron chi connectivity index (χ1n) is 9.84. The maximum Gasteiger partial charge on any atom is 0.128 e. The highest BCUT2D eigenvalue weighted by Crippen LogP contribution is 2.38. The topological polar surface area (TPSA) is 71.8 Å². The minimum absolute atomic E-state index is 0. The normalized spacial score (nSPS) is 16.8. The lowest BCUT2D eigenvalue weighted by Crippen LogP contribution is -2.71. The van der Waals surface area contributed by atoms with Crippen LogP contribution in [0.4, 0.5) is 5.82 Å².